The smallest absolute Gasteiger partial charge is 0.0239 e. The zero-order valence-corrected chi connectivity index (χ0v) is 91.8. The number of fused-ring (bicyclic) bond motifs is 2. The largest absolute Gasteiger partial charge is 0.377 e. The van der Waals surface area contributed by atoms with Gasteiger partial charge in [0.15, 0.2) is 0 Å². The molecule has 2 bridgehead atoms. The third-order valence-corrected chi connectivity index (χ3v) is 2.24. The summed E-state index contributed by atoms with van der Waals surface area (Å²) >= 11 is 0. The van der Waals surface area contributed by atoms with Gasteiger partial charge in [0.1, 0.15) is 0 Å². The maximum absolute atomic E-state index is 2.40. The number of hydrogen-bond acceptors (Lipinski definition) is 1. The maximum Gasteiger partial charge on any atom is 0.0239 e. The van der Waals surface area contributed by atoms with E-state index in [1.54, 1.807) is 0 Å². The maximum atomic E-state index is 2.40. The molecule has 1 nitrogen and oxygen atoms in total. The Labute approximate surface area is 592 Å². The van der Waals surface area contributed by atoms with E-state index in [9.17, 15) is 0 Å². The minimum atomic E-state index is 0. The molecule has 1 fully saturated rings. The van der Waals surface area contributed by atoms with Crippen LogP contribution in [-0.2, 0) is 538 Å². The first-order valence-electron chi connectivity index (χ1n) is 4.28. The summed E-state index contributed by atoms with van der Waals surface area (Å²) in [5.74, 6) is 1.80. The van der Waals surface area contributed by atoms with Crippen LogP contribution in [0.5, 0.6) is 0 Å². The van der Waals surface area contributed by atoms with Crippen molar-refractivity contribution in [1.29, 1.82) is 0 Å². The van der Waals surface area contributed by atoms with E-state index >= 15 is 0 Å². The summed E-state index contributed by atoms with van der Waals surface area (Å²) in [5, 5.41) is 0. The van der Waals surface area contributed by atoms with Crippen molar-refractivity contribution < 1.29 is 538 Å². The van der Waals surface area contributed by atoms with Crippen LogP contribution < -0.4 is 0 Å². The van der Waals surface area contributed by atoms with Gasteiger partial charge >= 0.3 is 0 Å². The van der Waals surface area contributed by atoms with Crippen molar-refractivity contribution in [3.8, 4) is 0 Å². The van der Waals surface area contributed by atoms with Crippen LogP contribution in [0.15, 0.2) is 12.3 Å². The molecule has 0 aromatic rings. The average molecular weight is 4660 g/mol. The first kappa shape index (κ1) is 196. The number of hydrogen-bond donors (Lipinski definition) is 0. The molecule has 0 N–H and O–H groups in total. The summed E-state index contributed by atoms with van der Waals surface area (Å²) in [7, 11) is 0. The molecule has 26 heteroatoms. The standard InChI is InChI=1S/C7H11N.C2H6.CH3.24W.Y/c1-6-4-8-3-2-7(6)5-8;1-2;;;;;;;;;;;;;;;;;;;;;;;;;;/h2-3,6-7H,4-5H2,1H3;1-2H3;1H3;;;;;;;;;;;;;;;;;;;;;;;;;/q;;-1;;;;;;;;;;;;;;;;;;;;;;;;;. The van der Waals surface area contributed by atoms with Crippen LogP contribution in [0.4, 0.5) is 0 Å². The fourth-order valence-electron chi connectivity index (χ4n) is 1.64. The van der Waals surface area contributed by atoms with E-state index in [1.807, 2.05) is 13.8 Å². The molecule has 0 spiro atoms. The molecule has 2 aliphatic heterocycles. The van der Waals surface area contributed by atoms with Crippen molar-refractivity contribution >= 4 is 0 Å². The second-order valence-electron chi connectivity index (χ2n) is 2.94. The third-order valence-electron chi connectivity index (χ3n) is 2.24. The molecule has 0 amide bonds. The van der Waals surface area contributed by atoms with Crippen molar-refractivity contribution in [2.45, 2.75) is 20.8 Å². The predicted octanol–water partition coefficient (Wildman–Crippen LogP) is 2.50. The van der Waals surface area contributed by atoms with Crippen LogP contribution in [0.25, 0.3) is 0 Å². The summed E-state index contributed by atoms with van der Waals surface area (Å²) in [6, 6.07) is 0. The Morgan fingerprint density at radius 3 is 0.694 bits per heavy atom. The molecular formula is C10H20NW24Y-. The zero-order chi connectivity index (χ0) is 7.56. The van der Waals surface area contributed by atoms with E-state index in [0.717, 1.165) is 11.8 Å². The van der Waals surface area contributed by atoms with E-state index in [4.69, 9.17) is 0 Å². The predicted molar refractivity (Wildman–Crippen MR) is 51.1 cm³/mol. The van der Waals surface area contributed by atoms with Gasteiger partial charge in [-0.25, -0.2) is 0 Å². The van der Waals surface area contributed by atoms with E-state index in [0.29, 0.717) is 0 Å². The van der Waals surface area contributed by atoms with Gasteiger partial charge in [0.2, 0.25) is 0 Å². The van der Waals surface area contributed by atoms with Crippen LogP contribution in [0.2, 0.25) is 0 Å². The fraction of sp³-hybridized carbons (Fsp3) is 0.700. The van der Waals surface area contributed by atoms with Crippen LogP contribution in [-0.4, -0.2) is 18.0 Å². The third kappa shape index (κ3) is 110. The molecule has 2 aliphatic rings. The van der Waals surface area contributed by atoms with Crippen molar-refractivity contribution in [3.05, 3.63) is 19.7 Å². The van der Waals surface area contributed by atoms with Crippen LogP contribution in [0.3, 0.4) is 0 Å². The molecule has 2 unspecified atom stereocenters. The molecule has 0 saturated carbocycles. The average Bonchev–Trinajstić information content (AvgIpc) is 2.52. The van der Waals surface area contributed by atoms with E-state index in [1.165, 1.54) is 13.1 Å². The normalized spacial score (nSPS) is 9.47. The Balaban J connectivity index is -0.00000000146. The minimum absolute atomic E-state index is 0. The second kappa shape index (κ2) is 150. The van der Waals surface area contributed by atoms with Crippen molar-refractivity contribution in [3.63, 3.8) is 0 Å². The Hall–Kier alpha value is 17.2. The SMILES string of the molecule is CC.CC1CN2C=CC1C2.[CH3-].[W].[W].[W].[W].[W].[W].[W].[W].[W].[W].[W].[W].[W].[W].[W].[W].[W].[W].[W].[W].[W].[W].[W].[W].[Y]. The van der Waals surface area contributed by atoms with E-state index in [-0.39, 0.29) is 546 Å². The van der Waals surface area contributed by atoms with Crippen LogP contribution >= 0.6 is 0 Å². The van der Waals surface area contributed by atoms with Gasteiger partial charge in [0.25, 0.3) is 0 Å². The van der Waals surface area contributed by atoms with Crippen LogP contribution in [0, 0.1) is 19.3 Å². The Kier molecular flexibility index (Phi) is 817. The Morgan fingerprint density at radius 2 is 0.639 bits per heavy atom. The van der Waals surface area contributed by atoms with E-state index in [2.05, 4.69) is 24.1 Å². The molecule has 2 heterocycles. The number of nitrogens with zero attached hydrogens (tertiary/aromatic N) is 1. The molecule has 0 aromatic carbocycles. The molecule has 0 aliphatic carbocycles. The first-order valence-corrected chi connectivity index (χ1v) is 4.28. The monoisotopic (exact) mass is 4660 g/mol. The molecule has 1 radical (unpaired) electrons. The van der Waals surface area contributed by atoms with E-state index < -0.39 is 0 Å². The molecular weight excluding hydrogens is 4640 g/mol. The Morgan fingerprint density at radius 1 is 0.444 bits per heavy atom. The zero-order valence-electron chi connectivity index (χ0n) is 18.5. The first-order chi connectivity index (χ1) is 4.86. The second-order valence-corrected chi connectivity index (χ2v) is 2.94. The summed E-state index contributed by atoms with van der Waals surface area (Å²) in [4.78, 5) is 2.40. The summed E-state index contributed by atoms with van der Waals surface area (Å²) in [6.07, 6.45) is 4.55. The summed E-state index contributed by atoms with van der Waals surface area (Å²) in [5.41, 5.74) is 0. The van der Waals surface area contributed by atoms with Crippen molar-refractivity contribution in [1.82, 2.24) is 4.90 Å². The van der Waals surface area contributed by atoms with Gasteiger partial charge in [-0.05, 0) is 12.1 Å². The Bertz CT molecular complexity index is 167. The van der Waals surface area contributed by atoms with Gasteiger partial charge in [0, 0.05) is 557 Å². The molecule has 36 heavy (non-hydrogen) atoms. The van der Waals surface area contributed by atoms with Gasteiger partial charge in [0.05, 0.1) is 0 Å². The van der Waals surface area contributed by atoms with Gasteiger partial charge in [-0.2, -0.15) is 0 Å². The van der Waals surface area contributed by atoms with Gasteiger partial charge in [-0.15, -0.1) is 0 Å². The summed E-state index contributed by atoms with van der Waals surface area (Å²) < 4.78 is 0. The van der Waals surface area contributed by atoms with Crippen molar-refractivity contribution in [2.75, 3.05) is 13.1 Å². The number of rotatable bonds is 0. The summed E-state index contributed by atoms with van der Waals surface area (Å²) in [6.45, 7) is 8.91. The van der Waals surface area contributed by atoms with Gasteiger partial charge < -0.3 is 12.3 Å². The molecule has 2 atom stereocenters. The minimum Gasteiger partial charge on any atom is -0.377 e. The quantitative estimate of drug-likeness (QED) is 0.338. The fourth-order valence-corrected chi connectivity index (χ4v) is 1.64. The van der Waals surface area contributed by atoms with Gasteiger partial charge in [-0.3, -0.25) is 0 Å². The van der Waals surface area contributed by atoms with Crippen LogP contribution in [0.1, 0.15) is 20.8 Å². The molecule has 0 aromatic heterocycles. The topological polar surface area (TPSA) is 3.24 Å². The van der Waals surface area contributed by atoms with Gasteiger partial charge in [-0.1, -0.05) is 26.8 Å². The molecule has 1 saturated heterocycles. The van der Waals surface area contributed by atoms with Crippen molar-refractivity contribution in [2.24, 2.45) is 11.8 Å². The molecule has 213 valence electrons. The molecule has 2 rings (SSSR count).